The van der Waals surface area contributed by atoms with E-state index in [4.69, 9.17) is 10.2 Å². The summed E-state index contributed by atoms with van der Waals surface area (Å²) in [5.74, 6) is -1.16. The third-order valence-corrected chi connectivity index (χ3v) is 2.91. The van der Waals surface area contributed by atoms with Crippen molar-refractivity contribution in [2.45, 2.75) is 31.8 Å². The molecule has 0 aromatic carbocycles. The van der Waals surface area contributed by atoms with Gasteiger partial charge in [-0.3, -0.25) is 0 Å². The van der Waals surface area contributed by atoms with Gasteiger partial charge in [-0.2, -0.15) is 0 Å². The first-order valence-corrected chi connectivity index (χ1v) is 5.76. The van der Waals surface area contributed by atoms with E-state index in [0.717, 1.165) is 0 Å². The molecule has 0 aliphatic carbocycles. The highest BCUT2D eigenvalue weighted by atomic mass is 16.4. The van der Waals surface area contributed by atoms with Gasteiger partial charge < -0.3 is 25.7 Å². The van der Waals surface area contributed by atoms with E-state index in [9.17, 15) is 9.59 Å². The van der Waals surface area contributed by atoms with Crippen LogP contribution >= 0.6 is 0 Å². The Morgan fingerprint density at radius 3 is 2.28 bits per heavy atom. The van der Waals surface area contributed by atoms with Crippen LogP contribution in [0.1, 0.15) is 20.3 Å². The smallest absolute Gasteiger partial charge is 0.326 e. The van der Waals surface area contributed by atoms with Gasteiger partial charge in [0.1, 0.15) is 6.04 Å². The van der Waals surface area contributed by atoms with Crippen molar-refractivity contribution in [3.8, 4) is 0 Å². The zero-order valence-electron chi connectivity index (χ0n) is 11.4. The highest BCUT2D eigenvalue weighted by molar-refractivity contribution is 5.82. The molecule has 0 radical (unpaired) electrons. The number of nitrogens with one attached hydrogen (secondary N) is 2. The second kappa shape index (κ2) is 7.17. The number of carboxylic acid groups (broad SMARTS) is 1. The molecule has 0 aromatic heterocycles. The highest BCUT2D eigenvalue weighted by Crippen LogP contribution is 2.07. The number of aliphatic carboxylic acids is 1. The Labute approximate surface area is 107 Å². The van der Waals surface area contributed by atoms with Crippen LogP contribution < -0.4 is 10.6 Å². The number of hydrogen-bond acceptors (Lipinski definition) is 4. The topological polar surface area (TPSA) is 102 Å². The average molecular weight is 261 g/mol. The van der Waals surface area contributed by atoms with Crippen LogP contribution in [0.25, 0.3) is 0 Å². The van der Waals surface area contributed by atoms with Crippen molar-refractivity contribution >= 4 is 12.0 Å². The Morgan fingerprint density at radius 1 is 1.33 bits per heavy atom. The van der Waals surface area contributed by atoms with Crippen LogP contribution in [0, 0.1) is 0 Å². The number of aliphatic hydroxyl groups excluding tert-OH is 1. The van der Waals surface area contributed by atoms with E-state index < -0.39 is 18.0 Å². The maximum absolute atomic E-state index is 11.5. The Bertz CT molecular complexity index is 292. The molecular formula is C11H23N3O4. The zero-order valence-corrected chi connectivity index (χ0v) is 11.4. The van der Waals surface area contributed by atoms with Gasteiger partial charge in [0.25, 0.3) is 0 Å². The van der Waals surface area contributed by atoms with Crippen LogP contribution in [0.2, 0.25) is 0 Å². The summed E-state index contributed by atoms with van der Waals surface area (Å²) in [4.78, 5) is 24.2. The van der Waals surface area contributed by atoms with Gasteiger partial charge in [-0.25, -0.2) is 9.59 Å². The molecule has 0 heterocycles. The number of carbonyl (C=O) groups excluding carboxylic acids is 1. The predicted octanol–water partition coefficient (Wildman–Crippen LogP) is -0.539. The molecule has 0 aliphatic rings. The minimum Gasteiger partial charge on any atom is -0.480 e. The van der Waals surface area contributed by atoms with Crippen LogP contribution in [-0.4, -0.2) is 65.9 Å². The largest absolute Gasteiger partial charge is 0.480 e. The number of carbonyl (C=O) groups is 2. The van der Waals surface area contributed by atoms with Crippen molar-refractivity contribution in [3.05, 3.63) is 0 Å². The normalized spacial score (nSPS) is 13.2. The van der Waals surface area contributed by atoms with Crippen molar-refractivity contribution in [1.82, 2.24) is 15.5 Å². The lowest BCUT2D eigenvalue weighted by atomic mass is 10.0. The van der Waals surface area contributed by atoms with Gasteiger partial charge in [0.05, 0.1) is 0 Å². The van der Waals surface area contributed by atoms with Crippen LogP contribution in [0.3, 0.4) is 0 Å². The zero-order chi connectivity index (χ0) is 14.3. The summed E-state index contributed by atoms with van der Waals surface area (Å²) in [5.41, 5.74) is -0.229. The number of amides is 2. The third-order valence-electron chi connectivity index (χ3n) is 2.91. The van der Waals surface area contributed by atoms with Gasteiger partial charge in [0.2, 0.25) is 0 Å². The summed E-state index contributed by atoms with van der Waals surface area (Å²) < 4.78 is 0. The summed E-state index contributed by atoms with van der Waals surface area (Å²) in [6.45, 7) is 4.00. The molecule has 0 fully saturated rings. The van der Waals surface area contributed by atoms with E-state index in [2.05, 4.69) is 10.6 Å². The van der Waals surface area contributed by atoms with Crippen molar-refractivity contribution in [1.29, 1.82) is 0 Å². The van der Waals surface area contributed by atoms with Gasteiger partial charge in [0, 0.05) is 25.1 Å². The molecule has 0 rings (SSSR count). The Morgan fingerprint density at radius 2 is 1.89 bits per heavy atom. The van der Waals surface area contributed by atoms with Gasteiger partial charge in [0.15, 0.2) is 0 Å². The molecule has 0 aliphatic heterocycles. The van der Waals surface area contributed by atoms with Gasteiger partial charge in [-0.05, 0) is 27.9 Å². The SMILES string of the molecule is CN(C)C(C)(C)CNC(=O)N[C@@H](CCO)C(=O)O. The van der Waals surface area contributed by atoms with Crippen molar-refractivity contribution in [2.75, 3.05) is 27.2 Å². The fourth-order valence-corrected chi connectivity index (χ4v) is 1.05. The molecule has 7 nitrogen and oxygen atoms in total. The number of carboxylic acids is 1. The number of hydrogen-bond donors (Lipinski definition) is 4. The maximum Gasteiger partial charge on any atom is 0.326 e. The first kappa shape index (κ1) is 16.7. The van der Waals surface area contributed by atoms with Crippen molar-refractivity contribution < 1.29 is 19.8 Å². The van der Waals surface area contributed by atoms with E-state index in [-0.39, 0.29) is 18.6 Å². The molecule has 0 unspecified atom stereocenters. The van der Waals surface area contributed by atoms with E-state index >= 15 is 0 Å². The van der Waals surface area contributed by atoms with Crippen molar-refractivity contribution in [2.24, 2.45) is 0 Å². The van der Waals surface area contributed by atoms with Crippen LogP contribution in [0.4, 0.5) is 4.79 Å². The van der Waals surface area contributed by atoms with Crippen LogP contribution in [-0.2, 0) is 4.79 Å². The second-order valence-electron chi connectivity index (χ2n) is 4.94. The molecule has 18 heavy (non-hydrogen) atoms. The Hall–Kier alpha value is -1.34. The number of urea groups is 1. The maximum atomic E-state index is 11.5. The fraction of sp³-hybridized carbons (Fsp3) is 0.818. The van der Waals surface area contributed by atoms with E-state index in [1.54, 1.807) is 0 Å². The first-order valence-electron chi connectivity index (χ1n) is 5.76. The summed E-state index contributed by atoms with van der Waals surface area (Å²) in [5, 5.41) is 22.4. The lowest BCUT2D eigenvalue weighted by Crippen LogP contribution is -2.53. The molecule has 4 N–H and O–H groups in total. The fourth-order valence-electron chi connectivity index (χ4n) is 1.05. The Balaban J connectivity index is 4.22. The quantitative estimate of drug-likeness (QED) is 0.493. The molecule has 106 valence electrons. The monoisotopic (exact) mass is 261 g/mol. The third kappa shape index (κ3) is 5.83. The molecule has 0 saturated heterocycles. The number of rotatable bonds is 7. The molecule has 1 atom stereocenters. The molecule has 7 heteroatoms. The van der Waals surface area contributed by atoms with Gasteiger partial charge in [-0.15, -0.1) is 0 Å². The molecule has 0 bridgehead atoms. The molecule has 0 saturated carbocycles. The minimum absolute atomic E-state index is 0.0141. The lowest BCUT2D eigenvalue weighted by Gasteiger charge is -2.32. The van der Waals surface area contributed by atoms with E-state index in [1.807, 2.05) is 32.8 Å². The predicted molar refractivity (Wildman–Crippen MR) is 67.4 cm³/mol. The number of aliphatic hydroxyl groups is 1. The second-order valence-corrected chi connectivity index (χ2v) is 4.94. The number of nitrogens with zero attached hydrogens (tertiary/aromatic N) is 1. The molecule has 2 amide bonds. The molecule has 0 spiro atoms. The van der Waals surface area contributed by atoms with Crippen LogP contribution in [0.5, 0.6) is 0 Å². The summed E-state index contributed by atoms with van der Waals surface area (Å²) in [6.07, 6.45) is -0.0141. The van der Waals surface area contributed by atoms with E-state index in [1.165, 1.54) is 0 Å². The minimum atomic E-state index is -1.16. The van der Waals surface area contributed by atoms with Gasteiger partial charge in [-0.1, -0.05) is 0 Å². The van der Waals surface area contributed by atoms with Gasteiger partial charge >= 0.3 is 12.0 Å². The lowest BCUT2D eigenvalue weighted by molar-refractivity contribution is -0.139. The summed E-state index contributed by atoms with van der Waals surface area (Å²) in [6, 6.07) is -1.62. The summed E-state index contributed by atoms with van der Waals surface area (Å²) in [7, 11) is 3.79. The number of likely N-dealkylation sites (N-methyl/N-ethyl adjacent to an activating group) is 1. The standard InChI is InChI=1S/C11H23N3O4/c1-11(2,14(3)4)7-12-10(18)13-8(5-6-15)9(16)17/h8,15H,5-7H2,1-4H3,(H,16,17)(H2,12,13,18)/t8-/m0/s1. The van der Waals surface area contributed by atoms with E-state index in [0.29, 0.717) is 6.54 Å². The summed E-state index contributed by atoms with van der Waals surface area (Å²) >= 11 is 0. The highest BCUT2D eigenvalue weighted by Gasteiger charge is 2.23. The Kier molecular flexibility index (Phi) is 6.64. The van der Waals surface area contributed by atoms with Crippen LogP contribution in [0.15, 0.2) is 0 Å². The van der Waals surface area contributed by atoms with Crippen molar-refractivity contribution in [3.63, 3.8) is 0 Å². The molecule has 0 aromatic rings. The molecular weight excluding hydrogens is 238 g/mol. The average Bonchev–Trinajstić information content (AvgIpc) is 2.25. The first-order chi connectivity index (χ1) is 8.20.